The molecule has 1 aliphatic rings. The van der Waals surface area contributed by atoms with E-state index in [0.29, 0.717) is 19.0 Å². The summed E-state index contributed by atoms with van der Waals surface area (Å²) in [6, 6.07) is 0.0670. The zero-order valence-electron chi connectivity index (χ0n) is 8.97. The van der Waals surface area contributed by atoms with Crippen LogP contribution in [0.2, 0.25) is 0 Å². The van der Waals surface area contributed by atoms with Crippen molar-refractivity contribution >= 4 is 10.2 Å². The Bertz CT molecular complexity index is 287. The lowest BCUT2D eigenvalue weighted by atomic mass is 10.0. The Kier molecular flexibility index (Phi) is 3.52. The van der Waals surface area contributed by atoms with Crippen molar-refractivity contribution in [1.29, 1.82) is 0 Å². The topological polar surface area (TPSA) is 66.6 Å². The molecule has 0 saturated carbocycles. The minimum atomic E-state index is -3.23. The quantitative estimate of drug-likeness (QED) is 0.696. The molecule has 1 rings (SSSR count). The van der Waals surface area contributed by atoms with Crippen molar-refractivity contribution in [2.24, 2.45) is 11.7 Å². The van der Waals surface area contributed by atoms with Gasteiger partial charge in [0.25, 0.3) is 10.2 Å². The lowest BCUT2D eigenvalue weighted by molar-refractivity contribution is 0.397. The summed E-state index contributed by atoms with van der Waals surface area (Å²) in [5.41, 5.74) is 5.74. The molecule has 0 amide bonds. The molecule has 0 aromatic heterocycles. The summed E-state index contributed by atoms with van der Waals surface area (Å²) in [6.45, 7) is 3.07. The summed E-state index contributed by atoms with van der Waals surface area (Å²) in [7, 11) is -0.132. The van der Waals surface area contributed by atoms with E-state index in [1.807, 2.05) is 6.92 Å². The maximum atomic E-state index is 11.7. The molecule has 2 atom stereocenters. The van der Waals surface area contributed by atoms with Crippen LogP contribution in [-0.2, 0) is 10.2 Å². The lowest BCUT2D eigenvalue weighted by Crippen LogP contribution is -2.39. The molecule has 1 saturated heterocycles. The van der Waals surface area contributed by atoms with Crippen LogP contribution in [0, 0.1) is 5.92 Å². The highest BCUT2D eigenvalue weighted by atomic mass is 32.2. The third-order valence-electron chi connectivity index (χ3n) is 2.72. The highest BCUT2D eigenvalue weighted by Crippen LogP contribution is 2.22. The van der Waals surface area contributed by atoms with Crippen molar-refractivity contribution in [2.75, 3.05) is 27.2 Å². The molecule has 0 bridgehead atoms. The van der Waals surface area contributed by atoms with Crippen molar-refractivity contribution in [3.05, 3.63) is 0 Å². The van der Waals surface area contributed by atoms with Crippen LogP contribution in [0.1, 0.15) is 13.3 Å². The van der Waals surface area contributed by atoms with Gasteiger partial charge in [-0.25, -0.2) is 0 Å². The van der Waals surface area contributed by atoms with Gasteiger partial charge in [-0.1, -0.05) is 0 Å². The zero-order valence-corrected chi connectivity index (χ0v) is 9.79. The first-order valence-electron chi connectivity index (χ1n) is 4.79. The van der Waals surface area contributed by atoms with Crippen molar-refractivity contribution in [3.8, 4) is 0 Å². The van der Waals surface area contributed by atoms with E-state index in [4.69, 9.17) is 5.73 Å². The van der Waals surface area contributed by atoms with Crippen LogP contribution in [0.15, 0.2) is 0 Å². The normalized spacial score (nSPS) is 27.1. The van der Waals surface area contributed by atoms with Gasteiger partial charge in [0.15, 0.2) is 0 Å². The maximum absolute atomic E-state index is 11.7. The van der Waals surface area contributed by atoms with E-state index in [1.165, 1.54) is 8.61 Å². The van der Waals surface area contributed by atoms with Gasteiger partial charge in [-0.15, -0.1) is 0 Å². The molecule has 14 heavy (non-hydrogen) atoms. The van der Waals surface area contributed by atoms with Gasteiger partial charge in [-0.3, -0.25) is 0 Å². The minimum absolute atomic E-state index is 0.0670. The van der Waals surface area contributed by atoms with E-state index in [2.05, 4.69) is 0 Å². The molecule has 84 valence electrons. The van der Waals surface area contributed by atoms with E-state index in [-0.39, 0.29) is 6.04 Å². The third kappa shape index (κ3) is 2.25. The van der Waals surface area contributed by atoms with Gasteiger partial charge >= 0.3 is 0 Å². The van der Waals surface area contributed by atoms with Crippen LogP contribution in [0.25, 0.3) is 0 Å². The Hall–Kier alpha value is -0.170. The summed E-state index contributed by atoms with van der Waals surface area (Å²) >= 11 is 0. The van der Waals surface area contributed by atoms with Crippen LogP contribution in [-0.4, -0.2) is 50.3 Å². The summed E-state index contributed by atoms with van der Waals surface area (Å²) in [5, 5.41) is 0. The molecule has 2 N–H and O–H groups in total. The van der Waals surface area contributed by atoms with Crippen LogP contribution >= 0.6 is 0 Å². The Morgan fingerprint density at radius 1 is 1.50 bits per heavy atom. The Labute approximate surface area is 86.0 Å². The molecule has 0 aromatic rings. The first-order chi connectivity index (χ1) is 6.35. The van der Waals surface area contributed by atoms with Gasteiger partial charge in [-0.2, -0.15) is 17.0 Å². The van der Waals surface area contributed by atoms with Gasteiger partial charge in [0, 0.05) is 33.2 Å². The van der Waals surface area contributed by atoms with E-state index < -0.39 is 10.2 Å². The fraction of sp³-hybridized carbons (Fsp3) is 1.00. The van der Waals surface area contributed by atoms with Gasteiger partial charge in [0.2, 0.25) is 0 Å². The van der Waals surface area contributed by atoms with Crippen molar-refractivity contribution in [3.63, 3.8) is 0 Å². The number of rotatable bonds is 3. The second-order valence-corrected chi connectivity index (χ2v) is 6.20. The number of nitrogens with two attached hydrogens (primary N) is 1. The smallest absolute Gasteiger partial charge is 0.281 e. The predicted octanol–water partition coefficient (Wildman–Crippen LogP) is -0.538. The van der Waals surface area contributed by atoms with Gasteiger partial charge in [0.05, 0.1) is 0 Å². The molecule has 0 aromatic carbocycles. The molecule has 0 spiro atoms. The maximum Gasteiger partial charge on any atom is 0.281 e. The standard InChI is InChI=1S/C8H19N3O2S/c1-7(9)8-4-5-11(6-8)14(12,13)10(2)3/h7-8H,4-6,9H2,1-3H3. The van der Waals surface area contributed by atoms with Crippen LogP contribution < -0.4 is 5.73 Å². The molecular weight excluding hydrogens is 202 g/mol. The molecule has 0 aliphatic carbocycles. The number of hydrogen-bond acceptors (Lipinski definition) is 3. The van der Waals surface area contributed by atoms with Crippen molar-refractivity contribution in [2.45, 2.75) is 19.4 Å². The van der Waals surface area contributed by atoms with Gasteiger partial charge in [0.1, 0.15) is 0 Å². The summed E-state index contributed by atoms with van der Waals surface area (Å²) in [5.74, 6) is 0.296. The fourth-order valence-corrected chi connectivity index (χ4v) is 2.80. The van der Waals surface area contributed by atoms with E-state index in [1.54, 1.807) is 14.1 Å². The minimum Gasteiger partial charge on any atom is -0.328 e. The zero-order chi connectivity index (χ0) is 10.9. The Morgan fingerprint density at radius 2 is 2.07 bits per heavy atom. The molecule has 1 aliphatic heterocycles. The second kappa shape index (κ2) is 4.14. The van der Waals surface area contributed by atoms with Gasteiger partial charge < -0.3 is 5.73 Å². The predicted molar refractivity (Wildman–Crippen MR) is 55.9 cm³/mol. The average molecular weight is 221 g/mol. The van der Waals surface area contributed by atoms with Crippen LogP contribution in [0.4, 0.5) is 0 Å². The SMILES string of the molecule is CC(N)C1CCN(S(=O)(=O)N(C)C)C1. The van der Waals surface area contributed by atoms with E-state index in [9.17, 15) is 8.42 Å². The van der Waals surface area contributed by atoms with Crippen molar-refractivity contribution < 1.29 is 8.42 Å². The lowest BCUT2D eigenvalue weighted by Gasteiger charge is -2.21. The molecule has 0 radical (unpaired) electrons. The monoisotopic (exact) mass is 221 g/mol. The summed E-state index contributed by atoms with van der Waals surface area (Å²) in [6.07, 6.45) is 0.866. The number of hydrogen-bond donors (Lipinski definition) is 1. The second-order valence-electron chi connectivity index (χ2n) is 4.06. The molecule has 1 fully saturated rings. The summed E-state index contributed by atoms with van der Waals surface area (Å²) < 4.78 is 26.2. The average Bonchev–Trinajstić information content (AvgIpc) is 2.51. The van der Waals surface area contributed by atoms with Gasteiger partial charge in [-0.05, 0) is 19.3 Å². The van der Waals surface area contributed by atoms with E-state index in [0.717, 1.165) is 6.42 Å². The highest BCUT2D eigenvalue weighted by molar-refractivity contribution is 7.86. The largest absolute Gasteiger partial charge is 0.328 e. The molecule has 5 nitrogen and oxygen atoms in total. The fourth-order valence-electron chi connectivity index (χ4n) is 1.62. The molecular formula is C8H19N3O2S. The highest BCUT2D eigenvalue weighted by Gasteiger charge is 2.33. The first-order valence-corrected chi connectivity index (χ1v) is 6.18. The van der Waals surface area contributed by atoms with E-state index >= 15 is 0 Å². The first kappa shape index (κ1) is 11.9. The Balaban J connectivity index is 2.67. The molecule has 6 heteroatoms. The summed E-state index contributed by atoms with van der Waals surface area (Å²) in [4.78, 5) is 0. The van der Waals surface area contributed by atoms with Crippen molar-refractivity contribution in [1.82, 2.24) is 8.61 Å². The Morgan fingerprint density at radius 3 is 2.43 bits per heavy atom. The third-order valence-corrected chi connectivity index (χ3v) is 4.63. The van der Waals surface area contributed by atoms with Crippen LogP contribution in [0.5, 0.6) is 0 Å². The number of nitrogens with zero attached hydrogens (tertiary/aromatic N) is 2. The molecule has 2 unspecified atom stereocenters. The van der Waals surface area contributed by atoms with Crippen LogP contribution in [0.3, 0.4) is 0 Å². The molecule has 1 heterocycles.